The first kappa shape index (κ1) is 14.5. The van der Waals surface area contributed by atoms with Crippen molar-refractivity contribution in [1.29, 1.82) is 0 Å². The van der Waals surface area contributed by atoms with E-state index in [9.17, 15) is 9.59 Å². The van der Waals surface area contributed by atoms with Crippen LogP contribution in [0.25, 0.3) is 5.78 Å². The number of benzene rings is 1. The zero-order valence-corrected chi connectivity index (χ0v) is 12.8. The van der Waals surface area contributed by atoms with Crippen LogP contribution in [0.3, 0.4) is 0 Å². The summed E-state index contributed by atoms with van der Waals surface area (Å²) < 4.78 is 2.88. The third kappa shape index (κ3) is 2.53. The van der Waals surface area contributed by atoms with Crippen LogP contribution < -0.4 is 5.56 Å². The summed E-state index contributed by atoms with van der Waals surface area (Å²) in [7, 11) is 0. The highest BCUT2D eigenvalue weighted by molar-refractivity contribution is 6.30. The Kier molecular flexibility index (Phi) is 3.54. The molecular formula is C15H13ClN4O2. The molecule has 7 heteroatoms. The van der Waals surface area contributed by atoms with Crippen LogP contribution in [0.15, 0.2) is 35.1 Å². The molecule has 0 spiro atoms. The molecule has 3 rings (SSSR count). The van der Waals surface area contributed by atoms with Gasteiger partial charge in [0.25, 0.3) is 5.56 Å². The minimum absolute atomic E-state index is 0.0787. The van der Waals surface area contributed by atoms with Crippen molar-refractivity contribution in [3.63, 3.8) is 0 Å². The number of Topliss-reactive ketones (excluding diaryl/α,β-unsaturated/α-hetero) is 1. The van der Waals surface area contributed by atoms with Gasteiger partial charge in [-0.3, -0.25) is 9.59 Å². The Balaban J connectivity index is 2.05. The lowest BCUT2D eigenvalue weighted by Crippen LogP contribution is -2.22. The zero-order valence-electron chi connectivity index (χ0n) is 12.1. The first-order valence-electron chi connectivity index (χ1n) is 6.68. The second-order valence-corrected chi connectivity index (χ2v) is 5.45. The predicted molar refractivity (Wildman–Crippen MR) is 82.5 cm³/mol. The molecule has 112 valence electrons. The Morgan fingerprint density at radius 2 is 1.91 bits per heavy atom. The molecule has 6 nitrogen and oxygen atoms in total. The van der Waals surface area contributed by atoms with Gasteiger partial charge in [-0.1, -0.05) is 11.6 Å². The van der Waals surface area contributed by atoms with Crippen molar-refractivity contribution in [3.8, 4) is 0 Å². The number of ketones is 1. The number of rotatable bonds is 3. The van der Waals surface area contributed by atoms with Crippen LogP contribution in [0.1, 0.15) is 21.9 Å². The molecule has 0 aliphatic carbocycles. The summed E-state index contributed by atoms with van der Waals surface area (Å²) in [6.07, 6.45) is 0. The molecule has 3 aromatic rings. The van der Waals surface area contributed by atoms with E-state index in [1.165, 1.54) is 10.6 Å². The average Bonchev–Trinajstić information content (AvgIpc) is 2.86. The van der Waals surface area contributed by atoms with Gasteiger partial charge in [-0.15, -0.1) is 5.10 Å². The molecule has 0 aliphatic rings. The second-order valence-electron chi connectivity index (χ2n) is 5.01. The molecule has 0 unspecified atom stereocenters. The van der Waals surface area contributed by atoms with Gasteiger partial charge in [-0.25, -0.2) is 0 Å². The van der Waals surface area contributed by atoms with Crippen LogP contribution in [0, 0.1) is 13.8 Å². The highest BCUT2D eigenvalue weighted by atomic mass is 35.5. The number of hydrogen-bond acceptors (Lipinski definition) is 4. The van der Waals surface area contributed by atoms with Crippen molar-refractivity contribution in [3.05, 3.63) is 62.8 Å². The SMILES string of the molecule is Cc1nc2n(CC(=O)c3ccc(Cl)cc3)c(C)cc(=O)n2n1. The van der Waals surface area contributed by atoms with E-state index in [2.05, 4.69) is 10.1 Å². The van der Waals surface area contributed by atoms with Crippen LogP contribution in [-0.4, -0.2) is 24.9 Å². The Bertz CT molecular complexity index is 925. The Morgan fingerprint density at radius 3 is 2.59 bits per heavy atom. The number of fused-ring (bicyclic) bond motifs is 1. The van der Waals surface area contributed by atoms with E-state index < -0.39 is 0 Å². The number of carbonyl (C=O) groups excluding carboxylic acids is 1. The van der Waals surface area contributed by atoms with Crippen molar-refractivity contribution in [1.82, 2.24) is 19.2 Å². The summed E-state index contributed by atoms with van der Waals surface area (Å²) in [5.74, 6) is 0.756. The molecule has 0 atom stereocenters. The number of nitrogens with zero attached hydrogens (tertiary/aromatic N) is 4. The van der Waals surface area contributed by atoms with Gasteiger partial charge in [0.15, 0.2) is 5.78 Å². The molecule has 0 amide bonds. The van der Waals surface area contributed by atoms with Crippen LogP contribution in [0.2, 0.25) is 5.02 Å². The van der Waals surface area contributed by atoms with Crippen LogP contribution >= 0.6 is 11.6 Å². The minimum atomic E-state index is -0.261. The maximum absolute atomic E-state index is 12.4. The summed E-state index contributed by atoms with van der Waals surface area (Å²) in [6.45, 7) is 3.54. The summed E-state index contributed by atoms with van der Waals surface area (Å²) in [6, 6.07) is 8.13. The van der Waals surface area contributed by atoms with Gasteiger partial charge in [-0.05, 0) is 38.1 Å². The fraction of sp³-hybridized carbons (Fsp3) is 0.200. The minimum Gasteiger partial charge on any atom is -0.306 e. The Labute approximate surface area is 131 Å². The van der Waals surface area contributed by atoms with Gasteiger partial charge in [0.2, 0.25) is 5.78 Å². The van der Waals surface area contributed by atoms with E-state index in [4.69, 9.17) is 11.6 Å². The summed E-state index contributed by atoms with van der Waals surface area (Å²) in [4.78, 5) is 28.6. The van der Waals surface area contributed by atoms with E-state index in [1.54, 1.807) is 42.7 Å². The zero-order chi connectivity index (χ0) is 15.9. The summed E-state index contributed by atoms with van der Waals surface area (Å²) in [5, 5.41) is 4.63. The number of carbonyl (C=O) groups is 1. The standard InChI is InChI=1S/C15H13ClN4O2/c1-9-7-14(22)20-15(17-10(2)18-20)19(9)8-13(21)11-3-5-12(16)6-4-11/h3-7H,8H2,1-2H3. The van der Waals surface area contributed by atoms with Gasteiger partial charge in [0.1, 0.15) is 5.82 Å². The monoisotopic (exact) mass is 316 g/mol. The van der Waals surface area contributed by atoms with E-state index in [0.717, 1.165) is 0 Å². The van der Waals surface area contributed by atoms with E-state index in [0.29, 0.717) is 27.9 Å². The van der Waals surface area contributed by atoms with Crippen LogP contribution in [0.5, 0.6) is 0 Å². The lowest BCUT2D eigenvalue weighted by atomic mass is 10.1. The van der Waals surface area contributed by atoms with Crippen molar-refractivity contribution >= 4 is 23.2 Å². The first-order valence-corrected chi connectivity index (χ1v) is 7.06. The fourth-order valence-electron chi connectivity index (χ4n) is 2.27. The molecule has 0 bridgehead atoms. The molecular weight excluding hydrogens is 304 g/mol. The van der Waals surface area contributed by atoms with Gasteiger partial charge in [0, 0.05) is 22.3 Å². The number of aryl methyl sites for hydroxylation is 2. The maximum Gasteiger partial charge on any atom is 0.275 e. The number of halogens is 1. The predicted octanol–water partition coefficient (Wildman–Crippen LogP) is 2.04. The largest absolute Gasteiger partial charge is 0.306 e. The maximum atomic E-state index is 12.4. The molecule has 1 aromatic carbocycles. The summed E-state index contributed by atoms with van der Waals surface area (Å²) >= 11 is 5.83. The fourth-order valence-corrected chi connectivity index (χ4v) is 2.39. The Morgan fingerprint density at radius 1 is 1.23 bits per heavy atom. The van der Waals surface area contributed by atoms with Crippen molar-refractivity contribution < 1.29 is 4.79 Å². The van der Waals surface area contributed by atoms with Crippen LogP contribution in [-0.2, 0) is 6.54 Å². The van der Waals surface area contributed by atoms with E-state index >= 15 is 0 Å². The smallest absolute Gasteiger partial charge is 0.275 e. The molecule has 0 N–H and O–H groups in total. The van der Waals surface area contributed by atoms with Gasteiger partial charge >= 0.3 is 0 Å². The highest BCUT2D eigenvalue weighted by Gasteiger charge is 2.14. The van der Waals surface area contributed by atoms with Gasteiger partial charge in [-0.2, -0.15) is 9.50 Å². The molecule has 0 aliphatic heterocycles. The molecule has 2 heterocycles. The summed E-state index contributed by atoms with van der Waals surface area (Å²) in [5.41, 5.74) is 0.951. The average molecular weight is 317 g/mol. The van der Waals surface area contributed by atoms with Gasteiger partial charge < -0.3 is 4.57 Å². The Hall–Kier alpha value is -2.47. The third-order valence-electron chi connectivity index (χ3n) is 3.37. The van der Waals surface area contributed by atoms with E-state index in [-0.39, 0.29) is 17.9 Å². The van der Waals surface area contributed by atoms with Crippen molar-refractivity contribution in [2.75, 3.05) is 0 Å². The quantitative estimate of drug-likeness (QED) is 0.693. The molecule has 0 saturated carbocycles. The lowest BCUT2D eigenvalue weighted by Gasteiger charge is -2.10. The molecule has 2 aromatic heterocycles. The topological polar surface area (TPSA) is 69.3 Å². The van der Waals surface area contributed by atoms with E-state index in [1.807, 2.05) is 0 Å². The molecule has 0 fully saturated rings. The first-order chi connectivity index (χ1) is 10.5. The molecule has 0 radical (unpaired) electrons. The molecule has 22 heavy (non-hydrogen) atoms. The molecule has 0 saturated heterocycles. The third-order valence-corrected chi connectivity index (χ3v) is 3.62. The van der Waals surface area contributed by atoms with Gasteiger partial charge in [0.05, 0.1) is 6.54 Å². The van der Waals surface area contributed by atoms with Crippen molar-refractivity contribution in [2.45, 2.75) is 20.4 Å². The normalized spacial score (nSPS) is 11.0. The number of hydrogen-bond donors (Lipinski definition) is 0. The van der Waals surface area contributed by atoms with Crippen LogP contribution in [0.4, 0.5) is 0 Å². The lowest BCUT2D eigenvalue weighted by molar-refractivity contribution is 0.0972. The number of aromatic nitrogens is 4. The highest BCUT2D eigenvalue weighted by Crippen LogP contribution is 2.12. The van der Waals surface area contributed by atoms with Crippen molar-refractivity contribution in [2.24, 2.45) is 0 Å². The second kappa shape index (κ2) is 5.38.